The molecule has 1 aliphatic rings. The number of benzene rings is 2. The lowest BCUT2D eigenvalue weighted by molar-refractivity contribution is 0.0857. The summed E-state index contributed by atoms with van der Waals surface area (Å²) in [6.45, 7) is 1.59. The highest BCUT2D eigenvalue weighted by Crippen LogP contribution is 2.23. The van der Waals surface area contributed by atoms with Crippen LogP contribution >= 0.6 is 11.6 Å². The molecule has 2 aromatic carbocycles. The quantitative estimate of drug-likeness (QED) is 0.798. The zero-order chi connectivity index (χ0) is 18.4. The number of carbonyl (C=O) groups is 1. The summed E-state index contributed by atoms with van der Waals surface area (Å²) in [5.41, 5.74) is 1.37. The van der Waals surface area contributed by atoms with Gasteiger partial charge in [0.05, 0.1) is 13.2 Å². The van der Waals surface area contributed by atoms with Crippen molar-refractivity contribution in [2.75, 3.05) is 20.3 Å². The standard InChI is InChI=1S/C20H22ClNO4/c1-24-19-9-4-14(20(23)22-12-18-3-2-10-25-18)11-15(19)13-26-17-7-5-16(21)6-8-17/h4-9,11,18H,2-3,10,12-13H2,1H3,(H,22,23). The van der Waals surface area contributed by atoms with Gasteiger partial charge in [0.15, 0.2) is 0 Å². The normalized spacial score (nSPS) is 16.3. The maximum absolute atomic E-state index is 12.4. The van der Waals surface area contributed by atoms with Gasteiger partial charge in [0.1, 0.15) is 18.1 Å². The fraction of sp³-hybridized carbons (Fsp3) is 0.350. The van der Waals surface area contributed by atoms with Crippen molar-refractivity contribution in [3.63, 3.8) is 0 Å². The molecule has 138 valence electrons. The Bertz CT molecular complexity index is 742. The first-order valence-electron chi connectivity index (χ1n) is 8.61. The Kier molecular flexibility index (Phi) is 6.36. The zero-order valence-electron chi connectivity index (χ0n) is 14.7. The summed E-state index contributed by atoms with van der Waals surface area (Å²) in [4.78, 5) is 12.4. The number of hydrogen-bond acceptors (Lipinski definition) is 4. The van der Waals surface area contributed by atoms with Crippen LogP contribution in [0.4, 0.5) is 0 Å². The predicted octanol–water partition coefficient (Wildman–Crippen LogP) is 3.84. The van der Waals surface area contributed by atoms with E-state index < -0.39 is 0 Å². The number of nitrogens with one attached hydrogen (secondary N) is 1. The lowest BCUT2D eigenvalue weighted by Gasteiger charge is -2.14. The van der Waals surface area contributed by atoms with Crippen molar-refractivity contribution in [3.05, 3.63) is 58.6 Å². The third kappa shape index (κ3) is 4.90. The summed E-state index contributed by atoms with van der Waals surface area (Å²) in [7, 11) is 1.60. The summed E-state index contributed by atoms with van der Waals surface area (Å²) >= 11 is 5.88. The third-order valence-electron chi connectivity index (χ3n) is 4.26. The van der Waals surface area contributed by atoms with Gasteiger partial charge in [-0.05, 0) is 55.3 Å². The number of methoxy groups -OCH3 is 1. The van der Waals surface area contributed by atoms with E-state index in [9.17, 15) is 4.79 Å². The molecule has 1 fully saturated rings. The average molecular weight is 376 g/mol. The Morgan fingerprint density at radius 2 is 2.08 bits per heavy atom. The topological polar surface area (TPSA) is 56.8 Å². The lowest BCUT2D eigenvalue weighted by atomic mass is 10.1. The van der Waals surface area contributed by atoms with Crippen molar-refractivity contribution in [2.45, 2.75) is 25.6 Å². The molecule has 0 aromatic heterocycles. The first-order chi connectivity index (χ1) is 12.7. The molecule has 1 N–H and O–H groups in total. The average Bonchev–Trinajstić information content (AvgIpc) is 3.19. The van der Waals surface area contributed by atoms with Crippen LogP contribution in [0.25, 0.3) is 0 Å². The maximum atomic E-state index is 12.4. The molecule has 1 heterocycles. The van der Waals surface area contributed by atoms with Crippen molar-refractivity contribution in [1.29, 1.82) is 0 Å². The summed E-state index contributed by atoms with van der Waals surface area (Å²) in [5.74, 6) is 1.25. The summed E-state index contributed by atoms with van der Waals surface area (Å²) in [6.07, 6.45) is 2.16. The summed E-state index contributed by atoms with van der Waals surface area (Å²) in [6, 6.07) is 12.4. The molecule has 6 heteroatoms. The van der Waals surface area contributed by atoms with Crippen molar-refractivity contribution < 1.29 is 19.0 Å². The Hall–Kier alpha value is -2.24. The first kappa shape index (κ1) is 18.5. The molecule has 5 nitrogen and oxygen atoms in total. The summed E-state index contributed by atoms with van der Waals surface area (Å²) < 4.78 is 16.7. The van der Waals surface area contributed by atoms with E-state index in [1.54, 1.807) is 49.6 Å². The number of carbonyl (C=O) groups excluding carboxylic acids is 1. The van der Waals surface area contributed by atoms with Gasteiger partial charge in [-0.2, -0.15) is 0 Å². The second-order valence-electron chi connectivity index (χ2n) is 6.11. The number of ether oxygens (including phenoxy) is 3. The van der Waals surface area contributed by atoms with Crippen LogP contribution in [0.15, 0.2) is 42.5 Å². The van der Waals surface area contributed by atoms with Crippen LogP contribution in [0.2, 0.25) is 5.02 Å². The molecule has 26 heavy (non-hydrogen) atoms. The van der Waals surface area contributed by atoms with Crippen LogP contribution in [-0.4, -0.2) is 32.3 Å². The summed E-state index contributed by atoms with van der Waals surface area (Å²) in [5, 5.41) is 3.58. The Morgan fingerprint density at radius 1 is 1.27 bits per heavy atom. The fourth-order valence-electron chi connectivity index (χ4n) is 2.84. The molecular formula is C20H22ClNO4. The monoisotopic (exact) mass is 375 g/mol. The highest BCUT2D eigenvalue weighted by Gasteiger charge is 2.17. The molecule has 0 saturated carbocycles. The molecule has 0 spiro atoms. The molecule has 2 aromatic rings. The largest absolute Gasteiger partial charge is 0.496 e. The molecule has 0 aliphatic carbocycles. The third-order valence-corrected chi connectivity index (χ3v) is 4.52. The first-order valence-corrected chi connectivity index (χ1v) is 8.98. The van der Waals surface area contributed by atoms with E-state index in [1.165, 1.54) is 0 Å². The van der Waals surface area contributed by atoms with Gasteiger partial charge in [-0.15, -0.1) is 0 Å². The number of rotatable bonds is 7. The predicted molar refractivity (Wildman–Crippen MR) is 100 cm³/mol. The minimum absolute atomic E-state index is 0.116. The van der Waals surface area contributed by atoms with Crippen LogP contribution < -0.4 is 14.8 Å². The SMILES string of the molecule is COc1ccc(C(=O)NCC2CCCO2)cc1COc1ccc(Cl)cc1. The maximum Gasteiger partial charge on any atom is 0.251 e. The molecule has 1 unspecified atom stereocenters. The van der Waals surface area contributed by atoms with Gasteiger partial charge in [-0.1, -0.05) is 11.6 Å². The van der Waals surface area contributed by atoms with Gasteiger partial charge in [0.2, 0.25) is 0 Å². The van der Waals surface area contributed by atoms with Gasteiger partial charge in [-0.3, -0.25) is 4.79 Å². The lowest BCUT2D eigenvalue weighted by Crippen LogP contribution is -2.31. The van der Waals surface area contributed by atoms with Gasteiger partial charge in [-0.25, -0.2) is 0 Å². The minimum Gasteiger partial charge on any atom is -0.496 e. The van der Waals surface area contributed by atoms with Crippen molar-refractivity contribution >= 4 is 17.5 Å². The van der Waals surface area contributed by atoms with Crippen LogP contribution in [0.1, 0.15) is 28.8 Å². The molecule has 1 atom stereocenters. The van der Waals surface area contributed by atoms with Crippen LogP contribution in [0.3, 0.4) is 0 Å². The van der Waals surface area contributed by atoms with E-state index in [1.807, 2.05) is 0 Å². The van der Waals surface area contributed by atoms with Gasteiger partial charge < -0.3 is 19.5 Å². The zero-order valence-corrected chi connectivity index (χ0v) is 15.4. The van der Waals surface area contributed by atoms with Gasteiger partial charge >= 0.3 is 0 Å². The highest BCUT2D eigenvalue weighted by atomic mass is 35.5. The van der Waals surface area contributed by atoms with Crippen LogP contribution in [0.5, 0.6) is 11.5 Å². The van der Waals surface area contributed by atoms with Gasteiger partial charge in [0.25, 0.3) is 5.91 Å². The van der Waals surface area contributed by atoms with Crippen LogP contribution in [-0.2, 0) is 11.3 Å². The van der Waals surface area contributed by atoms with E-state index in [2.05, 4.69) is 5.32 Å². The van der Waals surface area contributed by atoms with E-state index in [4.69, 9.17) is 25.8 Å². The minimum atomic E-state index is -0.129. The molecule has 1 aliphatic heterocycles. The van der Waals surface area contributed by atoms with E-state index >= 15 is 0 Å². The number of hydrogen-bond donors (Lipinski definition) is 1. The van der Waals surface area contributed by atoms with Crippen molar-refractivity contribution in [2.24, 2.45) is 0 Å². The van der Waals surface area contributed by atoms with Crippen LogP contribution in [0, 0.1) is 0 Å². The number of halogens is 1. The Balaban J connectivity index is 1.64. The Labute approximate surface area is 158 Å². The molecule has 0 bridgehead atoms. The molecule has 1 amide bonds. The second-order valence-corrected chi connectivity index (χ2v) is 6.55. The molecule has 3 rings (SSSR count). The highest BCUT2D eigenvalue weighted by molar-refractivity contribution is 6.30. The second kappa shape index (κ2) is 8.92. The van der Waals surface area contributed by atoms with Crippen molar-refractivity contribution in [3.8, 4) is 11.5 Å². The van der Waals surface area contributed by atoms with E-state index in [0.717, 1.165) is 25.0 Å². The van der Waals surface area contributed by atoms with Gasteiger partial charge in [0, 0.05) is 29.3 Å². The fourth-order valence-corrected chi connectivity index (χ4v) is 2.96. The number of amides is 1. The Morgan fingerprint density at radius 3 is 2.77 bits per heavy atom. The molecule has 1 saturated heterocycles. The molecular weight excluding hydrogens is 354 g/mol. The van der Waals surface area contributed by atoms with Crippen molar-refractivity contribution in [1.82, 2.24) is 5.32 Å². The van der Waals surface area contributed by atoms with E-state index in [0.29, 0.717) is 28.6 Å². The van der Waals surface area contributed by atoms with E-state index in [-0.39, 0.29) is 18.6 Å². The molecule has 0 radical (unpaired) electrons. The smallest absolute Gasteiger partial charge is 0.251 e.